The minimum absolute atomic E-state index is 0.0131. The monoisotopic (exact) mass is 369 g/mol. The summed E-state index contributed by atoms with van der Waals surface area (Å²) in [7, 11) is 0. The largest absolute Gasteiger partial charge is 0.573 e. The average molecular weight is 369 g/mol. The molecule has 0 spiro atoms. The van der Waals surface area contributed by atoms with Gasteiger partial charge in [0.05, 0.1) is 12.2 Å². The SMILES string of the molecule is CCCCOc1cccc(C(N)=O)c1Oc1ccccc1OC(F)(F)F. The number of alkyl halides is 3. The number of carbonyl (C=O) groups is 1. The molecule has 2 rings (SSSR count). The van der Waals surface area contributed by atoms with E-state index >= 15 is 0 Å². The summed E-state index contributed by atoms with van der Waals surface area (Å²) in [5.74, 6) is -1.42. The van der Waals surface area contributed by atoms with Crippen molar-refractivity contribution in [1.29, 1.82) is 0 Å². The standard InChI is InChI=1S/C18H18F3NO4/c1-2-3-11-24-15-10-6-7-12(17(22)23)16(15)25-13-8-4-5-9-14(13)26-18(19,20)21/h4-10H,2-3,11H2,1H3,(H2,22,23). The maximum Gasteiger partial charge on any atom is 0.573 e. The van der Waals surface area contributed by atoms with Crippen LogP contribution in [0.4, 0.5) is 13.2 Å². The molecule has 0 saturated carbocycles. The summed E-state index contributed by atoms with van der Waals surface area (Å²) in [5.41, 5.74) is 5.33. The summed E-state index contributed by atoms with van der Waals surface area (Å²) in [6, 6.07) is 9.73. The third-order valence-electron chi connectivity index (χ3n) is 3.29. The van der Waals surface area contributed by atoms with Crippen LogP contribution in [0.25, 0.3) is 0 Å². The Morgan fingerprint density at radius 2 is 1.69 bits per heavy atom. The van der Waals surface area contributed by atoms with E-state index in [1.54, 1.807) is 12.1 Å². The minimum atomic E-state index is -4.89. The number of hydrogen-bond acceptors (Lipinski definition) is 4. The fraction of sp³-hybridized carbons (Fsp3) is 0.278. The van der Waals surface area contributed by atoms with Crippen LogP contribution < -0.4 is 19.9 Å². The highest BCUT2D eigenvalue weighted by atomic mass is 19.4. The Kier molecular flexibility index (Phi) is 6.32. The van der Waals surface area contributed by atoms with Crippen molar-refractivity contribution in [2.75, 3.05) is 6.61 Å². The predicted octanol–water partition coefficient (Wildman–Crippen LogP) is 4.66. The first-order valence-electron chi connectivity index (χ1n) is 7.90. The Hall–Kier alpha value is -2.90. The van der Waals surface area contributed by atoms with Crippen molar-refractivity contribution in [2.45, 2.75) is 26.1 Å². The molecule has 0 unspecified atom stereocenters. The maximum atomic E-state index is 12.6. The second-order valence-electron chi connectivity index (χ2n) is 5.30. The molecule has 0 fully saturated rings. The normalized spacial score (nSPS) is 11.1. The van der Waals surface area contributed by atoms with E-state index in [1.807, 2.05) is 6.92 Å². The number of para-hydroxylation sites is 3. The van der Waals surface area contributed by atoms with Crippen LogP contribution in [0.2, 0.25) is 0 Å². The number of nitrogens with two attached hydrogens (primary N) is 1. The lowest BCUT2D eigenvalue weighted by atomic mass is 10.1. The van der Waals surface area contributed by atoms with Crippen LogP contribution in [-0.4, -0.2) is 18.9 Å². The molecule has 0 aliphatic rings. The number of halogens is 3. The number of unbranched alkanes of at least 4 members (excludes halogenated alkanes) is 1. The van der Waals surface area contributed by atoms with Crippen LogP contribution >= 0.6 is 0 Å². The molecule has 0 aromatic heterocycles. The van der Waals surface area contributed by atoms with Gasteiger partial charge in [-0.15, -0.1) is 13.2 Å². The lowest BCUT2D eigenvalue weighted by Gasteiger charge is -2.17. The lowest BCUT2D eigenvalue weighted by molar-refractivity contribution is -0.275. The van der Waals surface area contributed by atoms with Gasteiger partial charge in [-0.2, -0.15) is 0 Å². The van der Waals surface area contributed by atoms with Crippen LogP contribution in [0.5, 0.6) is 23.0 Å². The van der Waals surface area contributed by atoms with Crippen LogP contribution in [0.1, 0.15) is 30.1 Å². The van der Waals surface area contributed by atoms with Crippen molar-refractivity contribution in [3.8, 4) is 23.0 Å². The number of primary amides is 1. The molecule has 2 N–H and O–H groups in total. The predicted molar refractivity (Wildman–Crippen MR) is 88.6 cm³/mol. The van der Waals surface area contributed by atoms with Crippen LogP contribution in [0.15, 0.2) is 42.5 Å². The zero-order valence-corrected chi connectivity index (χ0v) is 14.0. The number of ether oxygens (including phenoxy) is 3. The number of amides is 1. The van der Waals surface area contributed by atoms with Crippen molar-refractivity contribution < 1.29 is 32.2 Å². The first kappa shape index (κ1) is 19.4. The molecule has 2 aromatic carbocycles. The molecule has 0 atom stereocenters. The zero-order valence-electron chi connectivity index (χ0n) is 14.0. The molecule has 5 nitrogen and oxygen atoms in total. The Bertz CT molecular complexity index is 762. The molecule has 26 heavy (non-hydrogen) atoms. The van der Waals surface area contributed by atoms with Crippen molar-refractivity contribution in [1.82, 2.24) is 0 Å². The van der Waals surface area contributed by atoms with E-state index in [0.717, 1.165) is 18.9 Å². The third kappa shape index (κ3) is 5.30. The first-order chi connectivity index (χ1) is 12.3. The van der Waals surface area contributed by atoms with Gasteiger partial charge in [0.1, 0.15) is 0 Å². The Labute approximate surface area is 148 Å². The van der Waals surface area contributed by atoms with Gasteiger partial charge in [-0.3, -0.25) is 4.79 Å². The van der Waals surface area contributed by atoms with E-state index in [2.05, 4.69) is 4.74 Å². The molecule has 0 aliphatic heterocycles. The summed E-state index contributed by atoms with van der Waals surface area (Å²) in [4.78, 5) is 11.7. The number of benzene rings is 2. The van der Waals surface area contributed by atoms with E-state index in [9.17, 15) is 18.0 Å². The molecule has 2 aromatic rings. The van der Waals surface area contributed by atoms with Crippen LogP contribution in [0.3, 0.4) is 0 Å². The molecule has 0 saturated heterocycles. The molecule has 0 aliphatic carbocycles. The Morgan fingerprint density at radius 1 is 1.04 bits per heavy atom. The fourth-order valence-electron chi connectivity index (χ4n) is 2.11. The van der Waals surface area contributed by atoms with Crippen LogP contribution in [0, 0.1) is 0 Å². The topological polar surface area (TPSA) is 70.8 Å². The molecule has 0 heterocycles. The quantitative estimate of drug-likeness (QED) is 0.687. The first-order valence-corrected chi connectivity index (χ1v) is 7.90. The summed E-state index contributed by atoms with van der Waals surface area (Å²) in [6.07, 6.45) is -3.24. The van der Waals surface area contributed by atoms with Gasteiger partial charge in [-0.1, -0.05) is 31.5 Å². The lowest BCUT2D eigenvalue weighted by Crippen LogP contribution is -2.18. The van der Waals surface area contributed by atoms with E-state index in [4.69, 9.17) is 15.2 Å². The van der Waals surface area contributed by atoms with Gasteiger partial charge in [0.2, 0.25) is 0 Å². The Balaban J connectivity index is 2.40. The third-order valence-corrected chi connectivity index (χ3v) is 3.29. The van der Waals surface area contributed by atoms with Gasteiger partial charge < -0.3 is 19.9 Å². The number of hydrogen-bond donors (Lipinski definition) is 1. The smallest absolute Gasteiger partial charge is 0.490 e. The zero-order chi connectivity index (χ0) is 19.2. The second kappa shape index (κ2) is 8.46. The minimum Gasteiger partial charge on any atom is -0.490 e. The van der Waals surface area contributed by atoms with Gasteiger partial charge in [0, 0.05) is 0 Å². The number of rotatable bonds is 8. The van der Waals surface area contributed by atoms with Crippen LogP contribution in [-0.2, 0) is 0 Å². The summed E-state index contributed by atoms with van der Waals surface area (Å²) >= 11 is 0. The molecular formula is C18H18F3NO4. The molecule has 140 valence electrons. The van der Waals surface area contributed by atoms with Gasteiger partial charge in [0.25, 0.3) is 5.91 Å². The van der Waals surface area contributed by atoms with Crippen molar-refractivity contribution in [2.24, 2.45) is 5.73 Å². The molecule has 1 amide bonds. The summed E-state index contributed by atoms with van der Waals surface area (Å²) < 4.78 is 52.8. The molecule has 0 bridgehead atoms. The van der Waals surface area contributed by atoms with Gasteiger partial charge in [-0.05, 0) is 30.7 Å². The second-order valence-corrected chi connectivity index (χ2v) is 5.30. The highest BCUT2D eigenvalue weighted by molar-refractivity contribution is 5.96. The van der Waals surface area contributed by atoms with Gasteiger partial charge in [-0.25, -0.2) is 0 Å². The van der Waals surface area contributed by atoms with E-state index in [0.29, 0.717) is 6.61 Å². The van der Waals surface area contributed by atoms with Gasteiger partial charge >= 0.3 is 6.36 Å². The summed E-state index contributed by atoms with van der Waals surface area (Å²) in [5, 5.41) is 0. The summed E-state index contributed by atoms with van der Waals surface area (Å²) in [6.45, 7) is 2.33. The fourth-order valence-corrected chi connectivity index (χ4v) is 2.11. The van der Waals surface area contributed by atoms with Crippen molar-refractivity contribution >= 4 is 5.91 Å². The van der Waals surface area contributed by atoms with Crippen molar-refractivity contribution in [3.05, 3.63) is 48.0 Å². The van der Waals surface area contributed by atoms with Crippen molar-refractivity contribution in [3.63, 3.8) is 0 Å². The highest BCUT2D eigenvalue weighted by Gasteiger charge is 2.32. The molecule has 8 heteroatoms. The van der Waals surface area contributed by atoms with E-state index in [1.165, 1.54) is 24.3 Å². The molecular weight excluding hydrogens is 351 g/mol. The molecule has 0 radical (unpaired) electrons. The highest BCUT2D eigenvalue weighted by Crippen LogP contribution is 2.40. The van der Waals surface area contributed by atoms with E-state index in [-0.39, 0.29) is 22.8 Å². The Morgan fingerprint density at radius 3 is 2.31 bits per heavy atom. The number of carbonyl (C=O) groups excluding carboxylic acids is 1. The average Bonchev–Trinajstić information content (AvgIpc) is 2.56. The van der Waals surface area contributed by atoms with E-state index < -0.39 is 18.0 Å². The van der Waals surface area contributed by atoms with Gasteiger partial charge in [0.15, 0.2) is 23.0 Å². The maximum absolute atomic E-state index is 12.6.